The van der Waals surface area contributed by atoms with Gasteiger partial charge in [-0.15, -0.1) is 0 Å². The molecule has 2 aromatic carbocycles. The van der Waals surface area contributed by atoms with Gasteiger partial charge < -0.3 is 20.1 Å². The lowest BCUT2D eigenvalue weighted by atomic mass is 10.1. The number of hydrogen-bond donors (Lipinski definition) is 1. The molecule has 0 saturated carbocycles. The Morgan fingerprint density at radius 3 is 2.29 bits per heavy atom. The SMILES string of the molecule is COc1ccc(N(C)CC(N)c2ccccc2OC)cc1. The molecule has 0 amide bonds. The maximum atomic E-state index is 6.32. The van der Waals surface area contributed by atoms with Crippen molar-refractivity contribution in [3.05, 3.63) is 54.1 Å². The second-order valence-corrected chi connectivity index (χ2v) is 4.93. The minimum Gasteiger partial charge on any atom is -0.497 e. The van der Waals surface area contributed by atoms with Crippen molar-refractivity contribution in [3.63, 3.8) is 0 Å². The van der Waals surface area contributed by atoms with Gasteiger partial charge in [-0.25, -0.2) is 0 Å². The molecule has 0 heterocycles. The van der Waals surface area contributed by atoms with Gasteiger partial charge in [-0.2, -0.15) is 0 Å². The predicted molar refractivity (Wildman–Crippen MR) is 86.2 cm³/mol. The van der Waals surface area contributed by atoms with E-state index in [-0.39, 0.29) is 6.04 Å². The average Bonchev–Trinajstić information content (AvgIpc) is 2.54. The highest BCUT2D eigenvalue weighted by Gasteiger charge is 2.14. The van der Waals surface area contributed by atoms with Crippen LogP contribution in [0.3, 0.4) is 0 Å². The number of anilines is 1. The molecule has 0 aromatic heterocycles. The van der Waals surface area contributed by atoms with E-state index >= 15 is 0 Å². The summed E-state index contributed by atoms with van der Waals surface area (Å²) in [5.74, 6) is 1.68. The van der Waals surface area contributed by atoms with Crippen LogP contribution in [0.4, 0.5) is 5.69 Å². The topological polar surface area (TPSA) is 47.7 Å². The zero-order valence-electron chi connectivity index (χ0n) is 12.7. The van der Waals surface area contributed by atoms with Crippen LogP contribution in [0.2, 0.25) is 0 Å². The number of benzene rings is 2. The van der Waals surface area contributed by atoms with E-state index in [0.29, 0.717) is 6.54 Å². The lowest BCUT2D eigenvalue weighted by Crippen LogP contribution is -2.29. The molecule has 4 heteroatoms. The normalized spacial score (nSPS) is 11.8. The van der Waals surface area contributed by atoms with E-state index in [1.807, 2.05) is 55.6 Å². The van der Waals surface area contributed by atoms with Crippen molar-refractivity contribution in [3.8, 4) is 11.5 Å². The third kappa shape index (κ3) is 3.67. The van der Waals surface area contributed by atoms with Crippen molar-refractivity contribution < 1.29 is 9.47 Å². The number of ether oxygens (including phenoxy) is 2. The minimum absolute atomic E-state index is 0.117. The molecule has 21 heavy (non-hydrogen) atoms. The molecule has 0 aliphatic carbocycles. The van der Waals surface area contributed by atoms with Crippen LogP contribution in [-0.4, -0.2) is 27.8 Å². The Bertz CT molecular complexity index is 569. The summed E-state index contributed by atoms with van der Waals surface area (Å²) in [6.45, 7) is 0.701. The van der Waals surface area contributed by atoms with Gasteiger partial charge in [-0.05, 0) is 30.3 Å². The lowest BCUT2D eigenvalue weighted by molar-refractivity contribution is 0.405. The van der Waals surface area contributed by atoms with Gasteiger partial charge in [-0.1, -0.05) is 18.2 Å². The van der Waals surface area contributed by atoms with E-state index in [9.17, 15) is 0 Å². The van der Waals surface area contributed by atoms with Crippen LogP contribution >= 0.6 is 0 Å². The Labute approximate surface area is 126 Å². The van der Waals surface area contributed by atoms with E-state index in [0.717, 1.165) is 22.7 Å². The fourth-order valence-corrected chi connectivity index (χ4v) is 2.31. The van der Waals surface area contributed by atoms with Gasteiger partial charge in [0.25, 0.3) is 0 Å². The highest BCUT2D eigenvalue weighted by Crippen LogP contribution is 2.25. The molecule has 1 atom stereocenters. The Morgan fingerprint density at radius 1 is 1.00 bits per heavy atom. The number of nitrogens with zero attached hydrogens (tertiary/aromatic N) is 1. The molecule has 0 saturated heterocycles. The van der Waals surface area contributed by atoms with Crippen molar-refractivity contribution in [1.82, 2.24) is 0 Å². The van der Waals surface area contributed by atoms with Crippen LogP contribution < -0.4 is 20.1 Å². The quantitative estimate of drug-likeness (QED) is 0.887. The fourth-order valence-electron chi connectivity index (χ4n) is 2.31. The minimum atomic E-state index is -0.117. The van der Waals surface area contributed by atoms with E-state index in [2.05, 4.69) is 4.90 Å². The van der Waals surface area contributed by atoms with Crippen LogP contribution in [0.5, 0.6) is 11.5 Å². The monoisotopic (exact) mass is 286 g/mol. The van der Waals surface area contributed by atoms with E-state index < -0.39 is 0 Å². The zero-order valence-corrected chi connectivity index (χ0v) is 12.7. The van der Waals surface area contributed by atoms with Crippen molar-refractivity contribution in [2.24, 2.45) is 5.73 Å². The van der Waals surface area contributed by atoms with Gasteiger partial charge >= 0.3 is 0 Å². The molecular formula is C17H22N2O2. The molecule has 0 bridgehead atoms. The number of hydrogen-bond acceptors (Lipinski definition) is 4. The molecule has 0 radical (unpaired) electrons. The molecule has 1 unspecified atom stereocenters. The smallest absolute Gasteiger partial charge is 0.123 e. The van der Waals surface area contributed by atoms with Gasteiger partial charge in [0.15, 0.2) is 0 Å². The predicted octanol–water partition coefficient (Wildman–Crippen LogP) is 2.84. The first-order chi connectivity index (χ1) is 10.2. The van der Waals surface area contributed by atoms with Gasteiger partial charge in [-0.3, -0.25) is 0 Å². The number of rotatable bonds is 6. The van der Waals surface area contributed by atoms with Crippen LogP contribution in [-0.2, 0) is 0 Å². The molecule has 112 valence electrons. The van der Waals surface area contributed by atoms with Crippen molar-refractivity contribution >= 4 is 5.69 Å². The van der Waals surface area contributed by atoms with Gasteiger partial charge in [0.2, 0.25) is 0 Å². The Hall–Kier alpha value is -2.20. The van der Waals surface area contributed by atoms with Crippen LogP contribution in [0.1, 0.15) is 11.6 Å². The molecule has 4 nitrogen and oxygen atoms in total. The number of methoxy groups -OCH3 is 2. The number of nitrogens with two attached hydrogens (primary N) is 1. The second kappa shape index (κ2) is 6.99. The first-order valence-electron chi connectivity index (χ1n) is 6.89. The van der Waals surface area contributed by atoms with E-state index in [1.54, 1.807) is 14.2 Å². The van der Waals surface area contributed by atoms with Crippen LogP contribution in [0.25, 0.3) is 0 Å². The number of para-hydroxylation sites is 1. The van der Waals surface area contributed by atoms with Gasteiger partial charge in [0, 0.05) is 24.8 Å². The third-order valence-corrected chi connectivity index (χ3v) is 3.52. The third-order valence-electron chi connectivity index (χ3n) is 3.52. The largest absolute Gasteiger partial charge is 0.497 e. The van der Waals surface area contributed by atoms with Crippen LogP contribution in [0.15, 0.2) is 48.5 Å². The second-order valence-electron chi connectivity index (χ2n) is 4.93. The Kier molecular flexibility index (Phi) is 5.06. The van der Waals surface area contributed by atoms with Gasteiger partial charge in [0.05, 0.1) is 20.3 Å². The maximum Gasteiger partial charge on any atom is 0.123 e. The van der Waals surface area contributed by atoms with Crippen LogP contribution in [0, 0.1) is 0 Å². The summed E-state index contributed by atoms with van der Waals surface area (Å²) in [6, 6.07) is 15.7. The molecule has 2 rings (SSSR count). The molecule has 2 N–H and O–H groups in total. The Balaban J connectivity index is 2.08. The molecule has 0 aliphatic heterocycles. The van der Waals surface area contributed by atoms with Gasteiger partial charge in [0.1, 0.15) is 11.5 Å². The van der Waals surface area contributed by atoms with Crippen molar-refractivity contribution in [2.45, 2.75) is 6.04 Å². The summed E-state index contributed by atoms with van der Waals surface area (Å²) in [5, 5.41) is 0. The molecule has 0 fully saturated rings. The van der Waals surface area contributed by atoms with Crippen molar-refractivity contribution in [2.75, 3.05) is 32.7 Å². The molecule has 0 spiro atoms. The fraction of sp³-hybridized carbons (Fsp3) is 0.294. The summed E-state index contributed by atoms with van der Waals surface area (Å²) in [4.78, 5) is 2.12. The first-order valence-corrected chi connectivity index (χ1v) is 6.89. The summed E-state index contributed by atoms with van der Waals surface area (Å²) in [5.41, 5.74) is 8.43. The summed E-state index contributed by atoms with van der Waals surface area (Å²) < 4.78 is 10.5. The highest BCUT2D eigenvalue weighted by atomic mass is 16.5. The molecule has 2 aromatic rings. The Morgan fingerprint density at radius 2 is 1.67 bits per heavy atom. The summed E-state index contributed by atoms with van der Waals surface area (Å²) >= 11 is 0. The van der Waals surface area contributed by atoms with E-state index in [1.165, 1.54) is 0 Å². The summed E-state index contributed by atoms with van der Waals surface area (Å²) in [6.07, 6.45) is 0. The number of likely N-dealkylation sites (N-methyl/N-ethyl adjacent to an activating group) is 1. The first kappa shape index (κ1) is 15.2. The summed E-state index contributed by atoms with van der Waals surface area (Å²) in [7, 11) is 5.35. The van der Waals surface area contributed by atoms with E-state index in [4.69, 9.17) is 15.2 Å². The zero-order chi connectivity index (χ0) is 15.2. The maximum absolute atomic E-state index is 6.32. The lowest BCUT2D eigenvalue weighted by Gasteiger charge is -2.24. The molecule has 0 aliphatic rings. The van der Waals surface area contributed by atoms with Crippen molar-refractivity contribution in [1.29, 1.82) is 0 Å². The average molecular weight is 286 g/mol. The highest BCUT2D eigenvalue weighted by molar-refractivity contribution is 5.49. The standard InChI is InChI=1S/C17H22N2O2/c1-19(13-8-10-14(20-2)11-9-13)12-16(18)15-6-4-5-7-17(15)21-3/h4-11,16H,12,18H2,1-3H3. The molecular weight excluding hydrogens is 264 g/mol.